The van der Waals surface area contributed by atoms with Crippen LogP contribution in [-0.4, -0.2) is 71.0 Å². The minimum Gasteiger partial charge on any atom is -0.490 e. The molecular formula is C30H37ClN6O4. The summed E-state index contributed by atoms with van der Waals surface area (Å²) < 4.78 is 11.5. The van der Waals surface area contributed by atoms with Crippen molar-refractivity contribution in [2.24, 2.45) is 5.41 Å². The summed E-state index contributed by atoms with van der Waals surface area (Å²) in [6.45, 7) is 8.79. The first-order valence-corrected chi connectivity index (χ1v) is 14.6. The summed E-state index contributed by atoms with van der Waals surface area (Å²) in [6, 6.07) is 10.8. The molecule has 0 unspecified atom stereocenters. The van der Waals surface area contributed by atoms with E-state index < -0.39 is 5.60 Å². The molecule has 1 aliphatic carbocycles. The topological polar surface area (TPSA) is 121 Å². The Balaban J connectivity index is 1.04. The van der Waals surface area contributed by atoms with Gasteiger partial charge in [0, 0.05) is 43.7 Å². The highest BCUT2D eigenvalue weighted by Crippen LogP contribution is 2.41. The molecule has 218 valence electrons. The first kappa shape index (κ1) is 28.9. The minimum absolute atomic E-state index is 0.0372. The standard InChI is InChI=1S/C30H37ClN6O4/c1-29(2,3)41-28(39)37-18-30(19-37)12-14-36(15-13-30)26-11-10-25(34-35-26)27(38)33-21-5-8-22(9-6-21)40-23-7-4-20(17-32)24(31)16-23/h4,7,10-11,16,21-22H,5-6,8-9,12-15,18-19H2,1-3H3,(H,33,38). The van der Waals surface area contributed by atoms with Crippen molar-refractivity contribution in [3.8, 4) is 11.8 Å². The SMILES string of the molecule is CC(C)(C)OC(=O)N1CC2(CCN(c3ccc(C(=O)NC4CCC(Oc5ccc(C#N)c(Cl)c5)CC4)nn3)CC2)C1. The van der Waals surface area contributed by atoms with Gasteiger partial charge in [-0.1, -0.05) is 11.6 Å². The lowest BCUT2D eigenvalue weighted by Gasteiger charge is -2.53. The van der Waals surface area contributed by atoms with E-state index in [0.717, 1.165) is 70.5 Å². The lowest BCUT2D eigenvalue weighted by atomic mass is 9.72. The van der Waals surface area contributed by atoms with Crippen LogP contribution in [0.15, 0.2) is 30.3 Å². The van der Waals surface area contributed by atoms with E-state index in [1.54, 1.807) is 29.2 Å². The van der Waals surface area contributed by atoms with Gasteiger partial charge in [0.15, 0.2) is 11.5 Å². The smallest absolute Gasteiger partial charge is 0.410 e. The average molecular weight is 581 g/mol. The number of nitrogens with zero attached hydrogens (tertiary/aromatic N) is 5. The molecule has 3 fully saturated rings. The number of amides is 2. The Bertz CT molecular complexity index is 1300. The summed E-state index contributed by atoms with van der Waals surface area (Å²) in [5.74, 6) is 1.19. The Kier molecular flexibility index (Phi) is 8.28. The number of nitrogens with one attached hydrogen (secondary N) is 1. The molecule has 3 heterocycles. The van der Waals surface area contributed by atoms with E-state index in [0.29, 0.717) is 22.0 Å². The molecule has 10 nitrogen and oxygen atoms in total. The lowest BCUT2D eigenvalue weighted by molar-refractivity contribution is -0.0434. The number of carbonyl (C=O) groups is 2. The van der Waals surface area contributed by atoms with E-state index in [1.807, 2.05) is 32.9 Å². The Labute approximate surface area is 245 Å². The molecule has 2 aromatic rings. The van der Waals surface area contributed by atoms with Gasteiger partial charge in [-0.15, -0.1) is 10.2 Å². The molecule has 3 aliphatic rings. The van der Waals surface area contributed by atoms with Crippen LogP contribution in [0.5, 0.6) is 5.75 Å². The van der Waals surface area contributed by atoms with Gasteiger partial charge in [-0.3, -0.25) is 4.79 Å². The molecule has 2 saturated heterocycles. The first-order valence-electron chi connectivity index (χ1n) is 14.3. The van der Waals surface area contributed by atoms with Crippen LogP contribution >= 0.6 is 11.6 Å². The van der Waals surface area contributed by atoms with Gasteiger partial charge < -0.3 is 24.6 Å². The summed E-state index contributed by atoms with van der Waals surface area (Å²) in [6.07, 6.45) is 4.95. The summed E-state index contributed by atoms with van der Waals surface area (Å²) in [5, 5.41) is 21.1. The van der Waals surface area contributed by atoms with Crippen LogP contribution in [0, 0.1) is 16.7 Å². The number of nitriles is 1. The van der Waals surface area contributed by atoms with Crippen LogP contribution in [0.4, 0.5) is 10.6 Å². The highest BCUT2D eigenvalue weighted by atomic mass is 35.5. The molecule has 41 heavy (non-hydrogen) atoms. The first-order chi connectivity index (χ1) is 19.5. The van der Waals surface area contributed by atoms with Crippen molar-refractivity contribution in [3.63, 3.8) is 0 Å². The zero-order valence-corrected chi connectivity index (χ0v) is 24.6. The summed E-state index contributed by atoms with van der Waals surface area (Å²) in [7, 11) is 0. The number of halogens is 1. The molecule has 1 saturated carbocycles. The van der Waals surface area contributed by atoms with Crippen LogP contribution in [-0.2, 0) is 4.74 Å². The number of aromatic nitrogens is 2. The van der Waals surface area contributed by atoms with Crippen molar-refractivity contribution in [2.45, 2.75) is 77.0 Å². The number of carbonyl (C=O) groups excluding carboxylic acids is 2. The molecule has 1 spiro atoms. The predicted octanol–water partition coefficient (Wildman–Crippen LogP) is 4.96. The van der Waals surface area contributed by atoms with Crippen LogP contribution in [0.2, 0.25) is 5.02 Å². The Morgan fingerprint density at radius 1 is 1.07 bits per heavy atom. The van der Waals surface area contributed by atoms with Gasteiger partial charge in [0.25, 0.3) is 5.91 Å². The molecule has 1 N–H and O–H groups in total. The second-order valence-electron chi connectivity index (χ2n) is 12.4. The van der Waals surface area contributed by atoms with Crippen molar-refractivity contribution in [1.29, 1.82) is 5.26 Å². The fourth-order valence-electron chi connectivity index (χ4n) is 5.80. The van der Waals surface area contributed by atoms with Crippen molar-refractivity contribution in [1.82, 2.24) is 20.4 Å². The van der Waals surface area contributed by atoms with Crippen LogP contribution in [0.3, 0.4) is 0 Å². The maximum Gasteiger partial charge on any atom is 0.410 e. The van der Waals surface area contributed by atoms with Crippen molar-refractivity contribution < 1.29 is 19.1 Å². The second-order valence-corrected chi connectivity index (χ2v) is 12.8. The van der Waals surface area contributed by atoms with E-state index in [-0.39, 0.29) is 29.6 Å². The average Bonchev–Trinajstić information content (AvgIpc) is 2.92. The van der Waals surface area contributed by atoms with Gasteiger partial charge in [0.05, 0.1) is 16.7 Å². The Morgan fingerprint density at radius 3 is 2.37 bits per heavy atom. The molecule has 2 aliphatic heterocycles. The van der Waals surface area contributed by atoms with Gasteiger partial charge >= 0.3 is 6.09 Å². The quantitative estimate of drug-likeness (QED) is 0.527. The monoisotopic (exact) mass is 580 g/mol. The van der Waals surface area contributed by atoms with Crippen molar-refractivity contribution in [2.75, 3.05) is 31.1 Å². The highest BCUT2D eigenvalue weighted by molar-refractivity contribution is 6.31. The van der Waals surface area contributed by atoms with Crippen LogP contribution < -0.4 is 15.0 Å². The van der Waals surface area contributed by atoms with Gasteiger partial charge in [0.1, 0.15) is 17.4 Å². The molecule has 1 aromatic carbocycles. The number of anilines is 1. The highest BCUT2D eigenvalue weighted by Gasteiger charge is 2.48. The van der Waals surface area contributed by atoms with Crippen LogP contribution in [0.25, 0.3) is 0 Å². The molecule has 5 rings (SSSR count). The Hall–Kier alpha value is -3.58. The predicted molar refractivity (Wildman–Crippen MR) is 154 cm³/mol. The number of hydrogen-bond donors (Lipinski definition) is 1. The van der Waals surface area contributed by atoms with Gasteiger partial charge in [-0.2, -0.15) is 5.26 Å². The summed E-state index contributed by atoms with van der Waals surface area (Å²) in [4.78, 5) is 29.1. The summed E-state index contributed by atoms with van der Waals surface area (Å²) >= 11 is 6.11. The van der Waals surface area contributed by atoms with E-state index in [4.69, 9.17) is 26.3 Å². The third-order valence-electron chi connectivity index (χ3n) is 8.11. The maximum absolute atomic E-state index is 12.8. The molecule has 0 radical (unpaired) electrons. The number of ether oxygens (including phenoxy) is 2. The van der Waals surface area contributed by atoms with E-state index in [1.165, 1.54) is 0 Å². The fourth-order valence-corrected chi connectivity index (χ4v) is 6.01. The third-order valence-corrected chi connectivity index (χ3v) is 8.42. The molecule has 1 aromatic heterocycles. The maximum atomic E-state index is 12.8. The number of likely N-dealkylation sites (tertiary alicyclic amines) is 1. The zero-order valence-electron chi connectivity index (χ0n) is 23.9. The molecule has 2 amide bonds. The summed E-state index contributed by atoms with van der Waals surface area (Å²) in [5.41, 5.74) is 0.399. The second kappa shape index (κ2) is 11.7. The normalized spacial score (nSPS) is 21.9. The minimum atomic E-state index is -0.483. The van der Waals surface area contributed by atoms with Gasteiger partial charge in [-0.05, 0) is 83.6 Å². The van der Waals surface area contributed by atoms with Crippen LogP contribution in [0.1, 0.15) is 75.3 Å². The molecule has 11 heteroatoms. The van der Waals surface area contributed by atoms with E-state index in [2.05, 4.69) is 20.4 Å². The number of piperidine rings is 1. The van der Waals surface area contributed by atoms with Gasteiger partial charge in [-0.25, -0.2) is 4.79 Å². The van der Waals surface area contributed by atoms with Gasteiger partial charge in [0.2, 0.25) is 0 Å². The van der Waals surface area contributed by atoms with Crippen molar-refractivity contribution in [3.05, 3.63) is 46.6 Å². The largest absolute Gasteiger partial charge is 0.490 e. The number of rotatable bonds is 5. The number of benzene rings is 1. The third kappa shape index (κ3) is 7.02. The number of hydrogen-bond acceptors (Lipinski definition) is 8. The molecular weight excluding hydrogens is 544 g/mol. The molecule has 0 bridgehead atoms. The van der Waals surface area contributed by atoms with E-state index >= 15 is 0 Å². The van der Waals surface area contributed by atoms with E-state index in [9.17, 15) is 9.59 Å². The lowest BCUT2D eigenvalue weighted by Crippen LogP contribution is -2.62. The zero-order chi connectivity index (χ0) is 29.2. The molecule has 0 atom stereocenters. The fraction of sp³-hybridized carbons (Fsp3) is 0.567. The van der Waals surface area contributed by atoms with Crippen molar-refractivity contribution >= 4 is 29.4 Å². The Morgan fingerprint density at radius 2 is 1.78 bits per heavy atom.